The van der Waals surface area contributed by atoms with Gasteiger partial charge in [0.15, 0.2) is 5.16 Å². The predicted molar refractivity (Wildman–Crippen MR) is 97.9 cm³/mol. The van der Waals surface area contributed by atoms with Gasteiger partial charge in [-0.25, -0.2) is 0 Å². The van der Waals surface area contributed by atoms with E-state index in [9.17, 15) is 9.59 Å². The lowest BCUT2D eigenvalue weighted by Gasteiger charge is -2.35. The third kappa shape index (κ3) is 5.20. The fourth-order valence-electron chi connectivity index (χ4n) is 3.20. The molecule has 2 rings (SSSR count). The number of primary amides is 1. The molecular formula is C17H29N5O2S. The van der Waals surface area contributed by atoms with Gasteiger partial charge in [-0.3, -0.25) is 9.59 Å². The molecule has 2 amide bonds. The molecule has 1 fully saturated rings. The van der Waals surface area contributed by atoms with Gasteiger partial charge in [0.2, 0.25) is 11.8 Å². The quantitative estimate of drug-likeness (QED) is 0.713. The second-order valence-electron chi connectivity index (χ2n) is 7.07. The third-order valence-corrected chi connectivity index (χ3v) is 6.34. The van der Waals surface area contributed by atoms with E-state index in [1.54, 1.807) is 0 Å². The number of carbonyl (C=O) groups excluding carboxylic acids is 2. The number of carbonyl (C=O) groups is 2. The second-order valence-corrected chi connectivity index (χ2v) is 8.37. The molecule has 140 valence electrons. The molecule has 25 heavy (non-hydrogen) atoms. The summed E-state index contributed by atoms with van der Waals surface area (Å²) in [6, 6.07) is 0.255. The van der Waals surface area contributed by atoms with Crippen molar-refractivity contribution in [3.05, 3.63) is 5.82 Å². The fraction of sp³-hybridized carbons (Fsp3) is 0.765. The zero-order valence-electron chi connectivity index (χ0n) is 15.5. The zero-order chi connectivity index (χ0) is 18.6. The highest BCUT2D eigenvalue weighted by Gasteiger charge is 2.29. The molecule has 0 saturated heterocycles. The molecule has 0 unspecified atom stereocenters. The summed E-state index contributed by atoms with van der Waals surface area (Å²) in [4.78, 5) is 23.5. The average Bonchev–Trinajstić information content (AvgIpc) is 2.90. The summed E-state index contributed by atoms with van der Waals surface area (Å²) in [6.07, 6.45) is 4.16. The molecule has 1 heterocycles. The Balaban J connectivity index is 1.91. The monoisotopic (exact) mass is 367 g/mol. The van der Waals surface area contributed by atoms with Crippen LogP contribution in [0.15, 0.2) is 5.16 Å². The number of aryl methyl sites for hydroxylation is 1. The van der Waals surface area contributed by atoms with E-state index < -0.39 is 0 Å². The van der Waals surface area contributed by atoms with Crippen LogP contribution in [-0.4, -0.2) is 37.9 Å². The van der Waals surface area contributed by atoms with Gasteiger partial charge >= 0.3 is 0 Å². The van der Waals surface area contributed by atoms with Gasteiger partial charge in [0, 0.05) is 25.9 Å². The molecule has 1 aliphatic carbocycles. The largest absolute Gasteiger partial charge is 0.370 e. The molecule has 7 nitrogen and oxygen atoms in total. The van der Waals surface area contributed by atoms with Crippen molar-refractivity contribution in [2.75, 3.05) is 0 Å². The summed E-state index contributed by atoms with van der Waals surface area (Å²) < 4.78 is 1.82. The first-order chi connectivity index (χ1) is 11.8. The van der Waals surface area contributed by atoms with Crippen molar-refractivity contribution in [1.82, 2.24) is 20.1 Å². The molecule has 1 aromatic rings. The number of thioether (sulfide) groups is 1. The molecule has 0 bridgehead atoms. The number of aromatic nitrogens is 3. The van der Waals surface area contributed by atoms with E-state index in [1.807, 2.05) is 18.5 Å². The molecule has 0 aliphatic heterocycles. The van der Waals surface area contributed by atoms with Gasteiger partial charge in [0.25, 0.3) is 0 Å². The van der Waals surface area contributed by atoms with Crippen molar-refractivity contribution in [2.45, 2.75) is 69.3 Å². The van der Waals surface area contributed by atoms with Crippen LogP contribution in [0, 0.1) is 11.8 Å². The van der Waals surface area contributed by atoms with Crippen LogP contribution in [0.4, 0.5) is 0 Å². The number of nitrogens with one attached hydrogen (secondary N) is 1. The maximum Gasteiger partial charge on any atom is 0.233 e. The maximum absolute atomic E-state index is 12.6. The van der Waals surface area contributed by atoms with Crippen molar-refractivity contribution in [1.29, 1.82) is 0 Å². The van der Waals surface area contributed by atoms with Crippen molar-refractivity contribution in [3.8, 4) is 0 Å². The Morgan fingerprint density at radius 3 is 2.76 bits per heavy atom. The van der Waals surface area contributed by atoms with Crippen molar-refractivity contribution in [2.24, 2.45) is 24.6 Å². The zero-order valence-corrected chi connectivity index (χ0v) is 16.3. The Bertz CT molecular complexity index is 618. The summed E-state index contributed by atoms with van der Waals surface area (Å²) in [5, 5.41) is 11.9. The normalized spacial score (nSPS) is 24.7. The van der Waals surface area contributed by atoms with Crippen LogP contribution in [0.2, 0.25) is 0 Å². The van der Waals surface area contributed by atoms with Crippen LogP contribution < -0.4 is 11.1 Å². The summed E-state index contributed by atoms with van der Waals surface area (Å²) in [6.45, 7) is 6.36. The van der Waals surface area contributed by atoms with Gasteiger partial charge in [-0.1, -0.05) is 38.5 Å². The van der Waals surface area contributed by atoms with Crippen LogP contribution in [0.5, 0.6) is 0 Å². The number of nitrogens with two attached hydrogens (primary N) is 1. The molecule has 1 saturated carbocycles. The van der Waals surface area contributed by atoms with Crippen molar-refractivity contribution in [3.63, 3.8) is 0 Å². The lowest BCUT2D eigenvalue weighted by molar-refractivity contribution is -0.121. The van der Waals surface area contributed by atoms with Crippen LogP contribution in [0.1, 0.15) is 52.3 Å². The number of rotatable bonds is 7. The molecule has 0 spiro atoms. The Hall–Kier alpha value is -1.57. The van der Waals surface area contributed by atoms with E-state index in [-0.39, 0.29) is 29.5 Å². The van der Waals surface area contributed by atoms with Crippen molar-refractivity contribution >= 4 is 23.6 Å². The second kappa shape index (κ2) is 8.69. The molecule has 0 radical (unpaired) electrons. The molecular weight excluding hydrogens is 338 g/mol. The van der Waals surface area contributed by atoms with E-state index in [0.717, 1.165) is 6.42 Å². The van der Waals surface area contributed by atoms with Crippen LogP contribution in [0.25, 0.3) is 0 Å². The minimum Gasteiger partial charge on any atom is -0.370 e. The molecule has 1 aromatic heterocycles. The van der Waals surface area contributed by atoms with Gasteiger partial charge < -0.3 is 15.6 Å². The van der Waals surface area contributed by atoms with Crippen LogP contribution in [-0.2, 0) is 23.1 Å². The minimum absolute atomic E-state index is 0.0395. The van der Waals surface area contributed by atoms with E-state index in [4.69, 9.17) is 5.73 Å². The summed E-state index contributed by atoms with van der Waals surface area (Å²) in [7, 11) is 1.84. The smallest absolute Gasteiger partial charge is 0.233 e. The van der Waals surface area contributed by atoms with E-state index in [2.05, 4.69) is 29.4 Å². The number of hydrogen-bond donors (Lipinski definition) is 2. The third-order valence-electron chi connectivity index (χ3n) is 5.21. The van der Waals surface area contributed by atoms with Crippen molar-refractivity contribution < 1.29 is 9.59 Å². The standard InChI is InChI=1S/C17H29N5O2S/c1-10-6-5-7-13(11(10)2)19-16(24)12(3)25-17-21-20-15(22(17)4)9-8-14(18)23/h10-13H,5-9H2,1-4H3,(H2,18,23)(H,19,24)/t10-,11-,12-,13+/m1/s1. The maximum atomic E-state index is 12.6. The topological polar surface area (TPSA) is 103 Å². The highest BCUT2D eigenvalue weighted by atomic mass is 32.2. The highest BCUT2D eigenvalue weighted by Crippen LogP contribution is 2.30. The SMILES string of the molecule is C[C@@H]1[C@H](C)CCC[C@@H]1NC(=O)[C@@H](C)Sc1nnc(CCC(N)=O)n1C. The number of hydrogen-bond acceptors (Lipinski definition) is 5. The molecule has 1 aliphatic rings. The summed E-state index contributed by atoms with van der Waals surface area (Å²) in [5.74, 6) is 1.53. The van der Waals surface area contributed by atoms with E-state index in [1.165, 1.54) is 24.6 Å². The highest BCUT2D eigenvalue weighted by molar-refractivity contribution is 8.00. The first-order valence-corrected chi connectivity index (χ1v) is 9.81. The Kier molecular flexibility index (Phi) is 6.87. The predicted octanol–water partition coefficient (Wildman–Crippen LogP) is 1.65. The molecule has 8 heteroatoms. The molecule has 4 atom stereocenters. The molecule has 3 N–H and O–H groups in total. The summed E-state index contributed by atoms with van der Waals surface area (Å²) in [5.41, 5.74) is 5.17. The number of amides is 2. The van der Waals surface area contributed by atoms with E-state index in [0.29, 0.717) is 29.2 Å². The lowest BCUT2D eigenvalue weighted by Crippen LogP contribution is -2.46. The first-order valence-electron chi connectivity index (χ1n) is 8.93. The van der Waals surface area contributed by atoms with Gasteiger partial charge in [-0.2, -0.15) is 0 Å². The average molecular weight is 368 g/mol. The summed E-state index contributed by atoms with van der Waals surface area (Å²) >= 11 is 1.39. The van der Waals surface area contributed by atoms with Crippen LogP contribution >= 0.6 is 11.8 Å². The lowest BCUT2D eigenvalue weighted by atomic mass is 9.78. The van der Waals surface area contributed by atoms with Gasteiger partial charge in [0.1, 0.15) is 5.82 Å². The van der Waals surface area contributed by atoms with Gasteiger partial charge in [-0.05, 0) is 25.2 Å². The van der Waals surface area contributed by atoms with Gasteiger partial charge in [0.05, 0.1) is 5.25 Å². The first kappa shape index (κ1) is 19.8. The fourth-order valence-corrected chi connectivity index (χ4v) is 4.04. The van der Waals surface area contributed by atoms with E-state index >= 15 is 0 Å². The van der Waals surface area contributed by atoms with Gasteiger partial charge in [-0.15, -0.1) is 10.2 Å². The minimum atomic E-state index is -0.360. The Morgan fingerprint density at radius 2 is 2.08 bits per heavy atom. The Morgan fingerprint density at radius 1 is 1.36 bits per heavy atom. The van der Waals surface area contributed by atoms with Crippen LogP contribution in [0.3, 0.4) is 0 Å². The Labute approximate surface area is 153 Å². The number of nitrogens with zero attached hydrogens (tertiary/aromatic N) is 3. The molecule has 0 aromatic carbocycles.